The minimum absolute atomic E-state index is 0.00104. The molecule has 2 N–H and O–H groups in total. The largest absolute Gasteiger partial charge is 0.487 e. The predicted octanol–water partition coefficient (Wildman–Crippen LogP) is 3.30. The van der Waals surface area contributed by atoms with Crippen LogP contribution in [0.5, 0.6) is 5.75 Å². The summed E-state index contributed by atoms with van der Waals surface area (Å²) in [5.41, 5.74) is 5.82. The summed E-state index contributed by atoms with van der Waals surface area (Å²) in [6.07, 6.45) is 6.39. The van der Waals surface area contributed by atoms with Crippen molar-refractivity contribution in [2.24, 2.45) is 0 Å². The standard InChI is InChI=1S/C15H20FNO3/c1-19-15(18)11-8-14(12(16)9-13(11)17)20-10-6-4-2-3-5-7-10/h8-10H,2-7,17H2,1H3. The molecule has 1 saturated carbocycles. The predicted molar refractivity (Wildman–Crippen MR) is 74.3 cm³/mol. The number of hydrogen-bond donors (Lipinski definition) is 1. The van der Waals surface area contributed by atoms with E-state index < -0.39 is 11.8 Å². The van der Waals surface area contributed by atoms with E-state index in [1.165, 1.54) is 26.0 Å². The van der Waals surface area contributed by atoms with Gasteiger partial charge in [0.25, 0.3) is 0 Å². The first-order valence-electron chi connectivity index (χ1n) is 6.96. The molecule has 2 rings (SSSR count). The van der Waals surface area contributed by atoms with Crippen LogP contribution in [-0.4, -0.2) is 19.2 Å². The Morgan fingerprint density at radius 3 is 2.50 bits per heavy atom. The minimum Gasteiger partial charge on any atom is -0.487 e. The second-order valence-corrected chi connectivity index (χ2v) is 5.09. The van der Waals surface area contributed by atoms with E-state index in [1.807, 2.05) is 0 Å². The van der Waals surface area contributed by atoms with Gasteiger partial charge in [0, 0.05) is 11.8 Å². The van der Waals surface area contributed by atoms with Gasteiger partial charge in [0.15, 0.2) is 11.6 Å². The van der Waals surface area contributed by atoms with Gasteiger partial charge in [0.05, 0.1) is 18.8 Å². The molecule has 1 aromatic rings. The molecule has 0 radical (unpaired) electrons. The van der Waals surface area contributed by atoms with Crippen molar-refractivity contribution < 1.29 is 18.7 Å². The van der Waals surface area contributed by atoms with E-state index in [4.69, 9.17) is 10.5 Å². The first kappa shape index (κ1) is 14.6. The molecule has 0 aliphatic heterocycles. The summed E-state index contributed by atoms with van der Waals surface area (Å²) in [4.78, 5) is 11.6. The Labute approximate surface area is 118 Å². The van der Waals surface area contributed by atoms with Crippen molar-refractivity contribution in [3.8, 4) is 5.75 Å². The van der Waals surface area contributed by atoms with Gasteiger partial charge in [-0.1, -0.05) is 12.8 Å². The van der Waals surface area contributed by atoms with Gasteiger partial charge >= 0.3 is 5.97 Å². The molecule has 0 unspecified atom stereocenters. The van der Waals surface area contributed by atoms with Crippen LogP contribution in [0.1, 0.15) is 48.9 Å². The topological polar surface area (TPSA) is 61.5 Å². The third-order valence-corrected chi connectivity index (χ3v) is 3.61. The van der Waals surface area contributed by atoms with Crippen molar-refractivity contribution in [3.05, 3.63) is 23.5 Å². The highest BCUT2D eigenvalue weighted by Gasteiger charge is 2.19. The fourth-order valence-corrected chi connectivity index (χ4v) is 2.49. The van der Waals surface area contributed by atoms with Crippen molar-refractivity contribution in [2.45, 2.75) is 44.6 Å². The fourth-order valence-electron chi connectivity index (χ4n) is 2.49. The van der Waals surface area contributed by atoms with Gasteiger partial charge in [-0.25, -0.2) is 9.18 Å². The number of carbonyl (C=O) groups is 1. The Morgan fingerprint density at radius 2 is 1.90 bits per heavy atom. The Morgan fingerprint density at radius 1 is 1.25 bits per heavy atom. The number of nitrogen functional groups attached to an aromatic ring is 1. The van der Waals surface area contributed by atoms with Gasteiger partial charge in [-0.05, 0) is 31.7 Å². The molecule has 0 amide bonds. The zero-order chi connectivity index (χ0) is 14.5. The lowest BCUT2D eigenvalue weighted by atomic mass is 10.1. The SMILES string of the molecule is COC(=O)c1cc(OC2CCCCCC2)c(F)cc1N. The first-order valence-corrected chi connectivity index (χ1v) is 6.96. The van der Waals surface area contributed by atoms with Crippen LogP contribution < -0.4 is 10.5 Å². The molecule has 1 fully saturated rings. The second kappa shape index (κ2) is 6.59. The summed E-state index contributed by atoms with van der Waals surface area (Å²) in [6.45, 7) is 0. The average Bonchev–Trinajstić information content (AvgIpc) is 2.69. The quantitative estimate of drug-likeness (QED) is 0.524. The Hall–Kier alpha value is -1.78. The molecule has 1 aliphatic carbocycles. The number of anilines is 1. The first-order chi connectivity index (χ1) is 9.61. The molecule has 1 aromatic carbocycles. The number of halogens is 1. The van der Waals surface area contributed by atoms with Crippen molar-refractivity contribution in [2.75, 3.05) is 12.8 Å². The summed E-state index contributed by atoms with van der Waals surface area (Å²) < 4.78 is 24.2. The van der Waals surface area contributed by atoms with Crippen LogP contribution in [0.4, 0.5) is 10.1 Å². The monoisotopic (exact) mass is 281 g/mol. The van der Waals surface area contributed by atoms with E-state index in [9.17, 15) is 9.18 Å². The molecule has 0 spiro atoms. The van der Waals surface area contributed by atoms with E-state index in [-0.39, 0.29) is 23.1 Å². The number of ether oxygens (including phenoxy) is 2. The van der Waals surface area contributed by atoms with Gasteiger partial charge in [-0.15, -0.1) is 0 Å². The highest BCUT2D eigenvalue weighted by molar-refractivity contribution is 5.95. The lowest BCUT2D eigenvalue weighted by Crippen LogP contribution is -2.17. The highest BCUT2D eigenvalue weighted by Crippen LogP contribution is 2.28. The average molecular weight is 281 g/mol. The number of benzene rings is 1. The van der Waals surface area contributed by atoms with Gasteiger partial charge in [-0.2, -0.15) is 0 Å². The fraction of sp³-hybridized carbons (Fsp3) is 0.533. The highest BCUT2D eigenvalue weighted by atomic mass is 19.1. The van der Waals surface area contributed by atoms with Gasteiger partial charge in [-0.3, -0.25) is 0 Å². The van der Waals surface area contributed by atoms with Gasteiger partial charge < -0.3 is 15.2 Å². The van der Waals surface area contributed by atoms with Crippen molar-refractivity contribution in [3.63, 3.8) is 0 Å². The van der Waals surface area contributed by atoms with Crippen LogP contribution in [0.15, 0.2) is 12.1 Å². The van der Waals surface area contributed by atoms with E-state index in [0.29, 0.717) is 0 Å². The minimum atomic E-state index is -0.590. The molecule has 1 aliphatic rings. The summed E-state index contributed by atoms with van der Waals surface area (Å²) in [5.74, 6) is -1.06. The molecule has 0 atom stereocenters. The van der Waals surface area contributed by atoms with E-state index >= 15 is 0 Å². The summed E-state index contributed by atoms with van der Waals surface area (Å²) in [6, 6.07) is 2.44. The number of methoxy groups -OCH3 is 1. The smallest absolute Gasteiger partial charge is 0.340 e. The number of esters is 1. The van der Waals surface area contributed by atoms with Crippen LogP contribution in [0.3, 0.4) is 0 Å². The van der Waals surface area contributed by atoms with Crippen LogP contribution >= 0.6 is 0 Å². The van der Waals surface area contributed by atoms with Gasteiger partial charge in [0.2, 0.25) is 0 Å². The molecule has 20 heavy (non-hydrogen) atoms. The van der Waals surface area contributed by atoms with Crippen molar-refractivity contribution in [1.82, 2.24) is 0 Å². The zero-order valence-electron chi connectivity index (χ0n) is 11.7. The number of rotatable bonds is 3. The lowest BCUT2D eigenvalue weighted by Gasteiger charge is -2.18. The molecule has 0 bridgehead atoms. The van der Waals surface area contributed by atoms with Crippen LogP contribution in [0.2, 0.25) is 0 Å². The van der Waals surface area contributed by atoms with Crippen LogP contribution in [0, 0.1) is 5.82 Å². The Kier molecular flexibility index (Phi) is 4.82. The third-order valence-electron chi connectivity index (χ3n) is 3.61. The maximum atomic E-state index is 13.9. The molecule has 0 heterocycles. The zero-order valence-corrected chi connectivity index (χ0v) is 11.7. The number of hydrogen-bond acceptors (Lipinski definition) is 4. The molecule has 5 heteroatoms. The normalized spacial score (nSPS) is 16.5. The third kappa shape index (κ3) is 3.40. The summed E-state index contributed by atoms with van der Waals surface area (Å²) in [7, 11) is 1.26. The summed E-state index contributed by atoms with van der Waals surface area (Å²) in [5, 5.41) is 0. The maximum absolute atomic E-state index is 13.9. The molecule has 0 aromatic heterocycles. The summed E-state index contributed by atoms with van der Waals surface area (Å²) >= 11 is 0. The molecule has 0 saturated heterocycles. The number of nitrogens with two attached hydrogens (primary N) is 1. The van der Waals surface area contributed by atoms with Crippen molar-refractivity contribution in [1.29, 1.82) is 0 Å². The van der Waals surface area contributed by atoms with E-state index in [0.717, 1.165) is 31.7 Å². The Balaban J connectivity index is 2.19. The maximum Gasteiger partial charge on any atom is 0.340 e. The van der Waals surface area contributed by atoms with Crippen LogP contribution in [0.25, 0.3) is 0 Å². The lowest BCUT2D eigenvalue weighted by molar-refractivity contribution is 0.0601. The Bertz CT molecular complexity index is 482. The molecule has 110 valence electrons. The van der Waals surface area contributed by atoms with E-state index in [1.54, 1.807) is 0 Å². The molecule has 4 nitrogen and oxygen atoms in total. The number of carbonyl (C=O) groups excluding carboxylic acids is 1. The van der Waals surface area contributed by atoms with Crippen LogP contribution in [-0.2, 0) is 4.74 Å². The van der Waals surface area contributed by atoms with E-state index in [2.05, 4.69) is 4.74 Å². The second-order valence-electron chi connectivity index (χ2n) is 5.09. The molecular formula is C15H20FNO3. The van der Waals surface area contributed by atoms with Gasteiger partial charge in [0.1, 0.15) is 0 Å². The van der Waals surface area contributed by atoms with Crippen molar-refractivity contribution >= 4 is 11.7 Å². The molecular weight excluding hydrogens is 261 g/mol.